The lowest BCUT2D eigenvalue weighted by atomic mass is 9.97. The Kier molecular flexibility index (Phi) is 2.58. The van der Waals surface area contributed by atoms with Gasteiger partial charge in [0.15, 0.2) is 5.65 Å². The van der Waals surface area contributed by atoms with E-state index in [9.17, 15) is 5.11 Å². The first kappa shape index (κ1) is 12.3. The smallest absolute Gasteiger partial charge is 0.152 e. The zero-order chi connectivity index (χ0) is 25.4. The topological polar surface area (TPSA) is 89.8 Å². The second kappa shape index (κ2) is 5.89. The van der Waals surface area contributed by atoms with E-state index in [1.165, 1.54) is 13.3 Å². The van der Waals surface area contributed by atoms with Gasteiger partial charge in [0.05, 0.1) is 11.1 Å². The van der Waals surface area contributed by atoms with Crippen LogP contribution >= 0.6 is 0 Å². The molecule has 0 aliphatic heterocycles. The van der Waals surface area contributed by atoms with Gasteiger partial charge >= 0.3 is 0 Å². The highest BCUT2D eigenvalue weighted by molar-refractivity contribution is 6.11. The van der Waals surface area contributed by atoms with E-state index in [2.05, 4.69) is 15.0 Å². The van der Waals surface area contributed by atoms with Crippen LogP contribution in [0.3, 0.4) is 0 Å². The van der Waals surface area contributed by atoms with Crippen molar-refractivity contribution in [2.24, 2.45) is 0 Å². The largest absolute Gasteiger partial charge is 0.508 e. The van der Waals surface area contributed by atoms with Gasteiger partial charge in [0.2, 0.25) is 0 Å². The molecule has 3 N–H and O–H groups in total. The summed E-state index contributed by atoms with van der Waals surface area (Å²) in [6, 6.07) is 4.41. The average molecular weight is 385 g/mol. The maximum atomic E-state index is 16.1. The van der Waals surface area contributed by atoms with Crippen molar-refractivity contribution in [3.05, 3.63) is 46.9 Å². The van der Waals surface area contributed by atoms with Crippen LogP contribution in [0.4, 0.5) is 10.2 Å². The maximum absolute atomic E-state index is 16.1. The van der Waals surface area contributed by atoms with Crippen LogP contribution in [0.1, 0.15) is 44.3 Å². The molecule has 4 aromatic rings. The van der Waals surface area contributed by atoms with E-state index in [0.29, 0.717) is 11.3 Å². The van der Waals surface area contributed by atoms with Crippen molar-refractivity contribution in [1.29, 1.82) is 0 Å². The number of halogens is 1. The molecule has 0 saturated carbocycles. The molecule has 144 valence electrons. The Hall–Kier alpha value is -3.22. The van der Waals surface area contributed by atoms with Crippen molar-refractivity contribution >= 4 is 27.9 Å². The lowest BCUT2D eigenvalue weighted by molar-refractivity contribution is 0.220. The molecule has 0 unspecified atom stereocenters. The number of benzene rings is 1. The monoisotopic (exact) mass is 385 g/mol. The van der Waals surface area contributed by atoms with Crippen LogP contribution < -0.4 is 5.73 Å². The van der Waals surface area contributed by atoms with Crippen molar-refractivity contribution in [2.45, 2.75) is 40.1 Å². The molecule has 28 heavy (non-hydrogen) atoms. The minimum Gasteiger partial charge on any atom is -0.508 e. The van der Waals surface area contributed by atoms with Crippen molar-refractivity contribution in [3.8, 4) is 11.4 Å². The number of phenolic OH excluding ortho intramolecular Hbond substituents is 1. The fourth-order valence-electron chi connectivity index (χ4n) is 3.59. The van der Waals surface area contributed by atoms with Crippen molar-refractivity contribution in [2.75, 3.05) is 5.73 Å². The Bertz CT molecular complexity index is 1450. The van der Waals surface area contributed by atoms with Gasteiger partial charge in [-0.1, -0.05) is 6.07 Å². The van der Waals surface area contributed by atoms with Gasteiger partial charge < -0.3 is 10.8 Å². The number of nitrogen functional groups attached to an aromatic ring is 1. The zero-order valence-electron chi connectivity index (χ0n) is 21.5. The molecule has 0 atom stereocenters. The molecule has 0 aliphatic rings. The number of hydrogen-bond donors (Lipinski definition) is 2. The number of pyridine rings is 1. The second-order valence-corrected chi connectivity index (χ2v) is 6.82. The third-order valence-corrected chi connectivity index (χ3v) is 4.94. The van der Waals surface area contributed by atoms with E-state index in [4.69, 9.17) is 14.0 Å². The number of aromatic nitrogens is 4. The molecule has 4 rings (SSSR count). The van der Waals surface area contributed by atoms with Crippen LogP contribution in [0.5, 0.6) is 5.75 Å². The Morgan fingerprint density at radius 2 is 1.93 bits per heavy atom. The molecule has 7 heteroatoms. The standard InChI is InChI=1S/C21H22FN5O/c1-10-6-7-15(28)11(2)17(10)27-19-13(16-18(23)24-9-25-20(16)27)8-14(12(3)26-19)21(4,5)22/h6-9,28H,1-5H3,(H2,23,24,25)/i4D3,5D3. The molecule has 3 aromatic heterocycles. The summed E-state index contributed by atoms with van der Waals surface area (Å²) >= 11 is 0. The first-order valence-corrected chi connectivity index (χ1v) is 8.52. The van der Waals surface area contributed by atoms with E-state index < -0.39 is 24.9 Å². The average Bonchev–Trinajstić information content (AvgIpc) is 3.03. The molecule has 0 radical (unpaired) electrons. The Balaban J connectivity index is 2.23. The van der Waals surface area contributed by atoms with Gasteiger partial charge in [0, 0.05) is 30.4 Å². The third kappa shape index (κ3) is 2.50. The van der Waals surface area contributed by atoms with Crippen LogP contribution in [0.25, 0.3) is 27.8 Å². The summed E-state index contributed by atoms with van der Waals surface area (Å²) in [5.41, 5.74) is 4.10. The van der Waals surface area contributed by atoms with Crippen LogP contribution in [0.15, 0.2) is 24.5 Å². The molecular formula is C21H22FN5O. The second-order valence-electron chi connectivity index (χ2n) is 6.82. The number of anilines is 1. The number of rotatable bonds is 2. The lowest BCUT2D eigenvalue weighted by Crippen LogP contribution is -2.12. The van der Waals surface area contributed by atoms with Gasteiger partial charge in [-0.2, -0.15) is 0 Å². The molecular weight excluding hydrogens is 357 g/mol. The van der Waals surface area contributed by atoms with E-state index >= 15 is 4.39 Å². The number of nitrogens with zero attached hydrogens (tertiary/aromatic N) is 4. The predicted octanol–water partition coefficient (Wildman–Crippen LogP) is 4.39. The van der Waals surface area contributed by atoms with Crippen molar-refractivity contribution in [3.63, 3.8) is 0 Å². The first-order valence-electron chi connectivity index (χ1n) is 11.5. The molecule has 0 amide bonds. The molecule has 0 spiro atoms. The van der Waals surface area contributed by atoms with Gasteiger partial charge in [-0.3, -0.25) is 4.57 Å². The molecule has 1 aromatic carbocycles. The van der Waals surface area contributed by atoms with Crippen molar-refractivity contribution in [1.82, 2.24) is 19.5 Å². The van der Waals surface area contributed by atoms with Crippen LogP contribution in [-0.2, 0) is 5.67 Å². The number of nitrogens with two attached hydrogens (primary N) is 1. The summed E-state index contributed by atoms with van der Waals surface area (Å²) < 4.78 is 63.9. The molecule has 0 fully saturated rings. The SMILES string of the molecule is [2H]C([2H])([2H])C(F)(c1cc2c3c(N)ncnc3n(-c3c(C)ccc(O)c3C)c2nc1C)C([2H])([2H])[2H]. The van der Waals surface area contributed by atoms with E-state index in [1.54, 1.807) is 23.6 Å². The summed E-state index contributed by atoms with van der Waals surface area (Å²) in [6.07, 6.45) is 1.23. The number of fused-ring (bicyclic) bond motifs is 3. The summed E-state index contributed by atoms with van der Waals surface area (Å²) in [6.45, 7) is -2.13. The van der Waals surface area contributed by atoms with Gasteiger partial charge in [-0.15, -0.1) is 0 Å². The van der Waals surface area contributed by atoms with Crippen LogP contribution in [-0.4, -0.2) is 24.6 Å². The first-order chi connectivity index (χ1) is 15.6. The van der Waals surface area contributed by atoms with Gasteiger partial charge in [0.25, 0.3) is 0 Å². The third-order valence-electron chi connectivity index (χ3n) is 4.94. The van der Waals surface area contributed by atoms with Crippen molar-refractivity contribution < 1.29 is 17.7 Å². The molecule has 6 nitrogen and oxygen atoms in total. The fraction of sp³-hybridized carbons (Fsp3) is 0.286. The Labute approximate surface area is 170 Å². The van der Waals surface area contributed by atoms with Crippen LogP contribution in [0.2, 0.25) is 0 Å². The fourth-order valence-corrected chi connectivity index (χ4v) is 3.59. The molecule has 0 aliphatic carbocycles. The summed E-state index contributed by atoms with van der Waals surface area (Å²) in [5.74, 6) is 0.0478. The summed E-state index contributed by atoms with van der Waals surface area (Å²) in [5, 5.41) is 10.8. The number of aromatic hydroxyl groups is 1. The minimum atomic E-state index is -3.68. The predicted molar refractivity (Wildman–Crippen MR) is 109 cm³/mol. The van der Waals surface area contributed by atoms with E-state index in [-0.39, 0.29) is 39.3 Å². The highest BCUT2D eigenvalue weighted by atomic mass is 19.1. The Morgan fingerprint density at radius 3 is 2.64 bits per heavy atom. The quantitative estimate of drug-likeness (QED) is 0.534. The number of hydrogen-bond acceptors (Lipinski definition) is 5. The number of aryl methyl sites for hydroxylation is 2. The minimum absolute atomic E-state index is 0.0213. The Morgan fingerprint density at radius 1 is 1.18 bits per heavy atom. The highest BCUT2D eigenvalue weighted by Gasteiger charge is 2.27. The number of phenols is 1. The summed E-state index contributed by atoms with van der Waals surface area (Å²) in [7, 11) is 0. The maximum Gasteiger partial charge on any atom is 0.152 e. The van der Waals surface area contributed by atoms with Gasteiger partial charge in [-0.05, 0) is 52.2 Å². The zero-order valence-corrected chi connectivity index (χ0v) is 15.5. The normalized spacial score (nSPS) is 16.3. The van der Waals surface area contributed by atoms with E-state index in [0.717, 1.165) is 11.6 Å². The molecule has 3 heterocycles. The van der Waals surface area contributed by atoms with E-state index in [1.807, 2.05) is 6.92 Å². The molecule has 0 bridgehead atoms. The van der Waals surface area contributed by atoms with Crippen LogP contribution in [0, 0.1) is 20.8 Å². The lowest BCUT2D eigenvalue weighted by Gasteiger charge is -2.18. The molecule has 0 saturated heterocycles. The van der Waals surface area contributed by atoms with Gasteiger partial charge in [-0.25, -0.2) is 19.3 Å². The van der Waals surface area contributed by atoms with Gasteiger partial charge in [0.1, 0.15) is 29.2 Å². The summed E-state index contributed by atoms with van der Waals surface area (Å²) in [4.78, 5) is 12.8. The number of alkyl halides is 1. The highest BCUT2D eigenvalue weighted by Crippen LogP contribution is 2.39.